The Balaban J connectivity index is 2.23. The Morgan fingerprint density at radius 2 is 1.88 bits per heavy atom. The average Bonchev–Trinajstić information content (AvgIpc) is 2.34. The van der Waals surface area contributed by atoms with Crippen LogP contribution in [0.25, 0.3) is 0 Å². The van der Waals surface area contributed by atoms with Crippen molar-refractivity contribution in [3.05, 3.63) is 34.4 Å². The van der Waals surface area contributed by atoms with Crippen molar-refractivity contribution in [1.82, 2.24) is 0 Å². The fourth-order valence-electron chi connectivity index (χ4n) is 1.36. The van der Waals surface area contributed by atoms with Gasteiger partial charge in [0.05, 0.1) is 11.5 Å². The summed E-state index contributed by atoms with van der Waals surface area (Å²) in [5, 5.41) is 10.4. The van der Waals surface area contributed by atoms with Crippen LogP contribution in [0, 0.1) is 10.1 Å². The lowest BCUT2D eigenvalue weighted by Gasteiger charge is -2.04. The van der Waals surface area contributed by atoms with Gasteiger partial charge in [-0.05, 0) is 31.4 Å². The minimum atomic E-state index is -0.441. The second-order valence-corrected chi connectivity index (χ2v) is 3.62. The summed E-state index contributed by atoms with van der Waals surface area (Å²) in [7, 11) is 0. The third-order valence-electron chi connectivity index (χ3n) is 2.28. The zero-order valence-electron chi connectivity index (χ0n) is 9.50. The van der Waals surface area contributed by atoms with Gasteiger partial charge in [-0.3, -0.25) is 10.1 Å². The first-order valence-corrected chi connectivity index (χ1v) is 5.55. The van der Waals surface area contributed by atoms with Gasteiger partial charge in [0.25, 0.3) is 5.69 Å². The van der Waals surface area contributed by atoms with Crippen LogP contribution in [-0.4, -0.2) is 17.8 Å². The molecule has 0 saturated heterocycles. The van der Waals surface area contributed by atoms with Crippen LogP contribution in [0.1, 0.15) is 25.7 Å². The number of nitro benzene ring substituents is 1. The van der Waals surface area contributed by atoms with E-state index in [-0.39, 0.29) is 5.69 Å². The van der Waals surface area contributed by atoms with Crippen LogP contribution in [0.3, 0.4) is 0 Å². The smallest absolute Gasteiger partial charge is 0.269 e. The molecule has 5 heteroatoms. The van der Waals surface area contributed by atoms with E-state index in [1.807, 2.05) is 0 Å². The molecule has 0 fully saturated rings. The van der Waals surface area contributed by atoms with Crippen LogP contribution in [0.2, 0.25) is 0 Å². The Morgan fingerprint density at radius 1 is 1.18 bits per heavy atom. The number of non-ortho nitro benzene ring substituents is 1. The second-order valence-electron chi connectivity index (χ2n) is 3.62. The van der Waals surface area contributed by atoms with Crippen LogP contribution >= 0.6 is 0 Å². The van der Waals surface area contributed by atoms with Gasteiger partial charge in [-0.25, -0.2) is 0 Å². The lowest BCUT2D eigenvalue weighted by Crippen LogP contribution is -1.97. The Labute approximate surface area is 99.5 Å². The molecule has 1 rings (SSSR count). The Bertz CT molecular complexity index is 361. The Hall–Kier alpha value is -1.91. The number of ether oxygens (including phenoxy) is 1. The predicted octanol–water partition coefficient (Wildman–Crippen LogP) is 2.73. The van der Waals surface area contributed by atoms with E-state index in [1.54, 1.807) is 12.1 Å². The zero-order chi connectivity index (χ0) is 12.5. The minimum absolute atomic E-state index is 0.0586. The standard InChI is InChI=1S/C12H15NO4/c14-9-3-1-2-4-10-17-12-7-5-11(6-8-12)13(15)16/h5-9H,1-4,10H2. The lowest BCUT2D eigenvalue weighted by molar-refractivity contribution is -0.384. The van der Waals surface area contributed by atoms with E-state index >= 15 is 0 Å². The quantitative estimate of drug-likeness (QED) is 0.301. The topological polar surface area (TPSA) is 69.4 Å². The summed E-state index contributed by atoms with van der Waals surface area (Å²) in [4.78, 5) is 20.0. The van der Waals surface area contributed by atoms with Gasteiger partial charge < -0.3 is 9.53 Å². The second kappa shape index (κ2) is 7.38. The Morgan fingerprint density at radius 3 is 2.47 bits per heavy atom. The van der Waals surface area contributed by atoms with Crippen LogP contribution in [0.4, 0.5) is 5.69 Å². The molecule has 0 aliphatic rings. The van der Waals surface area contributed by atoms with Gasteiger partial charge in [-0.15, -0.1) is 0 Å². The molecule has 0 saturated carbocycles. The highest BCUT2D eigenvalue weighted by Crippen LogP contribution is 2.17. The van der Waals surface area contributed by atoms with Crippen molar-refractivity contribution in [3.8, 4) is 5.75 Å². The maximum atomic E-state index is 10.4. The van der Waals surface area contributed by atoms with E-state index < -0.39 is 4.92 Å². The molecule has 17 heavy (non-hydrogen) atoms. The number of rotatable bonds is 8. The van der Waals surface area contributed by atoms with Gasteiger partial charge in [-0.1, -0.05) is 0 Å². The zero-order valence-corrected chi connectivity index (χ0v) is 9.50. The van der Waals surface area contributed by atoms with Crippen LogP contribution in [0.15, 0.2) is 24.3 Å². The lowest BCUT2D eigenvalue weighted by atomic mass is 10.2. The number of nitrogens with zero attached hydrogens (tertiary/aromatic N) is 1. The molecule has 0 aliphatic heterocycles. The van der Waals surface area contributed by atoms with Crippen molar-refractivity contribution >= 4 is 12.0 Å². The Kier molecular flexibility index (Phi) is 5.71. The molecule has 0 aliphatic carbocycles. The number of hydrogen-bond donors (Lipinski definition) is 0. The summed E-state index contributed by atoms with van der Waals surface area (Å²) in [6, 6.07) is 6.01. The molecule has 0 aromatic heterocycles. The fourth-order valence-corrected chi connectivity index (χ4v) is 1.36. The van der Waals surface area contributed by atoms with Gasteiger partial charge in [0.1, 0.15) is 12.0 Å². The highest BCUT2D eigenvalue weighted by atomic mass is 16.6. The van der Waals surface area contributed by atoms with Crippen molar-refractivity contribution in [1.29, 1.82) is 0 Å². The molecular formula is C12H15NO4. The number of carbonyl (C=O) groups excluding carboxylic acids is 1. The predicted molar refractivity (Wildman–Crippen MR) is 63.1 cm³/mol. The molecule has 0 unspecified atom stereocenters. The molecule has 1 aromatic carbocycles. The molecule has 0 N–H and O–H groups in total. The van der Waals surface area contributed by atoms with E-state index in [0.717, 1.165) is 25.5 Å². The number of unbranched alkanes of at least 4 members (excludes halogenated alkanes) is 3. The number of aldehydes is 1. The fraction of sp³-hybridized carbons (Fsp3) is 0.417. The molecule has 0 atom stereocenters. The number of nitro groups is 1. The number of hydrogen-bond acceptors (Lipinski definition) is 4. The summed E-state index contributed by atoms with van der Waals surface area (Å²) in [6.45, 7) is 0.566. The van der Waals surface area contributed by atoms with Crippen LogP contribution < -0.4 is 4.74 Å². The molecular weight excluding hydrogens is 222 g/mol. The molecule has 0 radical (unpaired) electrons. The third kappa shape index (κ3) is 5.10. The van der Waals surface area contributed by atoms with Crippen LogP contribution in [0.5, 0.6) is 5.75 Å². The summed E-state index contributed by atoms with van der Waals surface area (Å²) in [5.74, 6) is 0.631. The molecule has 0 amide bonds. The normalized spacial score (nSPS) is 9.88. The molecule has 0 spiro atoms. The average molecular weight is 237 g/mol. The largest absolute Gasteiger partial charge is 0.494 e. The highest BCUT2D eigenvalue weighted by molar-refractivity contribution is 5.48. The first kappa shape index (κ1) is 13.2. The first-order chi connectivity index (χ1) is 8.24. The highest BCUT2D eigenvalue weighted by Gasteiger charge is 2.03. The molecule has 5 nitrogen and oxygen atoms in total. The van der Waals surface area contributed by atoms with E-state index in [1.165, 1.54) is 12.1 Å². The van der Waals surface area contributed by atoms with Crippen molar-refractivity contribution in [2.45, 2.75) is 25.7 Å². The van der Waals surface area contributed by atoms with Crippen molar-refractivity contribution in [3.63, 3.8) is 0 Å². The SMILES string of the molecule is O=CCCCCCOc1ccc([N+](=O)[O-])cc1. The maximum Gasteiger partial charge on any atom is 0.269 e. The van der Waals surface area contributed by atoms with Gasteiger partial charge >= 0.3 is 0 Å². The van der Waals surface area contributed by atoms with Crippen molar-refractivity contribution in [2.24, 2.45) is 0 Å². The summed E-state index contributed by atoms with van der Waals surface area (Å²) >= 11 is 0. The summed E-state index contributed by atoms with van der Waals surface area (Å²) < 4.78 is 5.41. The summed E-state index contributed by atoms with van der Waals surface area (Å²) in [6.07, 6.45) is 4.22. The monoisotopic (exact) mass is 237 g/mol. The van der Waals surface area contributed by atoms with Crippen molar-refractivity contribution in [2.75, 3.05) is 6.61 Å². The van der Waals surface area contributed by atoms with Gasteiger partial charge in [0, 0.05) is 18.6 Å². The van der Waals surface area contributed by atoms with E-state index in [9.17, 15) is 14.9 Å². The van der Waals surface area contributed by atoms with Crippen LogP contribution in [-0.2, 0) is 4.79 Å². The van der Waals surface area contributed by atoms with Gasteiger partial charge in [0.15, 0.2) is 0 Å². The maximum absolute atomic E-state index is 10.4. The minimum Gasteiger partial charge on any atom is -0.494 e. The molecule has 1 aromatic rings. The van der Waals surface area contributed by atoms with E-state index in [2.05, 4.69) is 0 Å². The third-order valence-corrected chi connectivity index (χ3v) is 2.28. The number of carbonyl (C=O) groups is 1. The number of benzene rings is 1. The van der Waals surface area contributed by atoms with Crippen molar-refractivity contribution < 1.29 is 14.5 Å². The van der Waals surface area contributed by atoms with Gasteiger partial charge in [-0.2, -0.15) is 0 Å². The first-order valence-electron chi connectivity index (χ1n) is 5.55. The molecule has 0 bridgehead atoms. The molecule has 92 valence electrons. The van der Waals surface area contributed by atoms with Gasteiger partial charge in [0.2, 0.25) is 0 Å². The van der Waals surface area contributed by atoms with E-state index in [0.29, 0.717) is 18.8 Å². The summed E-state index contributed by atoms with van der Waals surface area (Å²) in [5.41, 5.74) is 0.0586. The molecule has 0 heterocycles. The van der Waals surface area contributed by atoms with E-state index in [4.69, 9.17) is 4.74 Å².